The van der Waals surface area contributed by atoms with Gasteiger partial charge in [-0.3, -0.25) is 14.9 Å². The van der Waals surface area contributed by atoms with Crippen molar-refractivity contribution < 1.29 is 14.1 Å². The second-order valence-electron chi connectivity index (χ2n) is 4.73. The van der Waals surface area contributed by atoms with Gasteiger partial charge >= 0.3 is 0 Å². The number of halogens is 2. The standard InChI is InChI=1S/C15H13ClFN3O3/c1-9-12(3-2-4-14(9)20(22)23)19-15(21)8-18-13-6-5-10(16)7-11(13)17/h2-7,18H,8H2,1H3,(H,19,21). The van der Waals surface area contributed by atoms with Crippen LogP contribution in [0.25, 0.3) is 0 Å². The van der Waals surface area contributed by atoms with Crippen molar-refractivity contribution in [3.8, 4) is 0 Å². The van der Waals surface area contributed by atoms with Crippen LogP contribution in [0.3, 0.4) is 0 Å². The average molecular weight is 338 g/mol. The SMILES string of the molecule is Cc1c(NC(=O)CNc2ccc(Cl)cc2F)cccc1[N+](=O)[O-]. The van der Waals surface area contributed by atoms with Gasteiger partial charge in [-0.15, -0.1) is 0 Å². The lowest BCUT2D eigenvalue weighted by Gasteiger charge is -2.10. The van der Waals surface area contributed by atoms with Gasteiger partial charge in [0.1, 0.15) is 5.82 Å². The second-order valence-corrected chi connectivity index (χ2v) is 5.17. The van der Waals surface area contributed by atoms with E-state index in [1.165, 1.54) is 24.3 Å². The molecule has 2 N–H and O–H groups in total. The van der Waals surface area contributed by atoms with Crippen molar-refractivity contribution in [3.05, 3.63) is 62.9 Å². The molecule has 8 heteroatoms. The fraction of sp³-hybridized carbons (Fsp3) is 0.133. The first-order chi connectivity index (χ1) is 10.9. The van der Waals surface area contributed by atoms with Crippen LogP contribution in [0.2, 0.25) is 5.02 Å². The normalized spacial score (nSPS) is 10.2. The summed E-state index contributed by atoms with van der Waals surface area (Å²) in [4.78, 5) is 22.2. The van der Waals surface area contributed by atoms with Gasteiger partial charge in [-0.05, 0) is 31.2 Å². The van der Waals surface area contributed by atoms with Gasteiger partial charge in [0.15, 0.2) is 0 Å². The minimum atomic E-state index is -0.572. The van der Waals surface area contributed by atoms with Crippen molar-refractivity contribution >= 4 is 34.6 Å². The topological polar surface area (TPSA) is 84.3 Å². The maximum absolute atomic E-state index is 13.6. The molecule has 120 valence electrons. The lowest BCUT2D eigenvalue weighted by Crippen LogP contribution is -2.22. The van der Waals surface area contributed by atoms with Gasteiger partial charge in [-0.1, -0.05) is 17.7 Å². The van der Waals surface area contributed by atoms with Crippen LogP contribution in [0.4, 0.5) is 21.5 Å². The van der Waals surface area contributed by atoms with Crippen molar-refractivity contribution in [2.45, 2.75) is 6.92 Å². The maximum atomic E-state index is 13.6. The number of nitrogens with zero attached hydrogens (tertiary/aromatic N) is 1. The Bertz CT molecular complexity index is 768. The molecular weight excluding hydrogens is 325 g/mol. The van der Waals surface area contributed by atoms with E-state index in [1.54, 1.807) is 13.0 Å². The minimum absolute atomic E-state index is 0.0838. The van der Waals surface area contributed by atoms with Crippen molar-refractivity contribution in [2.24, 2.45) is 0 Å². The second kappa shape index (κ2) is 7.06. The van der Waals surface area contributed by atoms with Gasteiger partial charge in [0.05, 0.1) is 28.4 Å². The van der Waals surface area contributed by atoms with Crippen LogP contribution < -0.4 is 10.6 Å². The lowest BCUT2D eigenvalue weighted by atomic mass is 10.1. The molecule has 0 heterocycles. The minimum Gasteiger partial charge on any atom is -0.374 e. The fourth-order valence-corrected chi connectivity index (χ4v) is 2.12. The molecule has 0 aliphatic carbocycles. The van der Waals surface area contributed by atoms with Crippen LogP contribution in [0.1, 0.15) is 5.56 Å². The summed E-state index contributed by atoms with van der Waals surface area (Å²) >= 11 is 5.64. The molecular formula is C15H13ClFN3O3. The molecule has 0 spiro atoms. The van der Waals surface area contributed by atoms with Crippen LogP contribution in [-0.2, 0) is 4.79 Å². The molecule has 0 aliphatic rings. The highest BCUT2D eigenvalue weighted by Crippen LogP contribution is 2.25. The molecule has 23 heavy (non-hydrogen) atoms. The third-order valence-electron chi connectivity index (χ3n) is 3.15. The third-order valence-corrected chi connectivity index (χ3v) is 3.38. The third kappa shape index (κ3) is 4.17. The highest BCUT2D eigenvalue weighted by molar-refractivity contribution is 6.30. The first kappa shape index (κ1) is 16.7. The Kier molecular flexibility index (Phi) is 5.13. The predicted octanol–water partition coefficient (Wildman–Crippen LogP) is 3.75. The van der Waals surface area contributed by atoms with Crippen LogP contribution in [-0.4, -0.2) is 17.4 Å². The van der Waals surface area contributed by atoms with Crippen molar-refractivity contribution in [1.82, 2.24) is 0 Å². The highest BCUT2D eigenvalue weighted by Gasteiger charge is 2.14. The predicted molar refractivity (Wildman–Crippen MR) is 86.4 cm³/mol. The molecule has 2 rings (SSSR count). The lowest BCUT2D eigenvalue weighted by molar-refractivity contribution is -0.385. The molecule has 0 radical (unpaired) electrons. The van der Waals surface area contributed by atoms with E-state index in [4.69, 9.17) is 11.6 Å². The van der Waals surface area contributed by atoms with E-state index < -0.39 is 16.6 Å². The van der Waals surface area contributed by atoms with Crippen LogP contribution in [0.15, 0.2) is 36.4 Å². The van der Waals surface area contributed by atoms with E-state index in [2.05, 4.69) is 10.6 Å². The molecule has 0 atom stereocenters. The zero-order valence-corrected chi connectivity index (χ0v) is 12.9. The van der Waals surface area contributed by atoms with Crippen molar-refractivity contribution in [1.29, 1.82) is 0 Å². The summed E-state index contributed by atoms with van der Waals surface area (Å²) in [5.41, 5.74) is 0.742. The molecule has 1 amide bonds. The Morgan fingerprint density at radius 2 is 2.04 bits per heavy atom. The Balaban J connectivity index is 2.03. The first-order valence-electron chi connectivity index (χ1n) is 6.61. The number of carbonyl (C=O) groups excluding carboxylic acids is 1. The molecule has 2 aromatic rings. The zero-order chi connectivity index (χ0) is 17.0. The Morgan fingerprint density at radius 1 is 1.30 bits per heavy atom. The molecule has 2 aromatic carbocycles. The summed E-state index contributed by atoms with van der Waals surface area (Å²) in [6.45, 7) is 1.35. The summed E-state index contributed by atoms with van der Waals surface area (Å²) in [5.74, 6) is -1.03. The summed E-state index contributed by atoms with van der Waals surface area (Å²) in [5, 5.41) is 16.3. The van der Waals surface area contributed by atoms with E-state index in [-0.39, 0.29) is 22.9 Å². The maximum Gasteiger partial charge on any atom is 0.274 e. The van der Waals surface area contributed by atoms with E-state index >= 15 is 0 Å². The van der Waals surface area contributed by atoms with E-state index in [0.29, 0.717) is 11.3 Å². The zero-order valence-electron chi connectivity index (χ0n) is 12.1. The van der Waals surface area contributed by atoms with Gasteiger partial charge in [-0.2, -0.15) is 0 Å². The molecule has 0 bridgehead atoms. The summed E-state index contributed by atoms with van der Waals surface area (Å²) in [6.07, 6.45) is 0. The Labute approximate surface area is 136 Å². The van der Waals surface area contributed by atoms with Crippen molar-refractivity contribution in [2.75, 3.05) is 17.2 Å². The molecule has 6 nitrogen and oxygen atoms in total. The van der Waals surface area contributed by atoms with Crippen LogP contribution in [0.5, 0.6) is 0 Å². The number of benzene rings is 2. The number of hydrogen-bond acceptors (Lipinski definition) is 4. The fourth-order valence-electron chi connectivity index (χ4n) is 1.96. The molecule has 0 saturated carbocycles. The quantitative estimate of drug-likeness (QED) is 0.643. The van der Waals surface area contributed by atoms with Gasteiger partial charge in [0.2, 0.25) is 5.91 Å². The highest BCUT2D eigenvalue weighted by atomic mass is 35.5. The number of nitro benzene ring substituents is 1. The van der Waals surface area contributed by atoms with Crippen LogP contribution >= 0.6 is 11.6 Å². The molecule has 0 aromatic heterocycles. The van der Waals surface area contributed by atoms with Gasteiger partial charge in [0, 0.05) is 11.1 Å². The van der Waals surface area contributed by atoms with E-state index in [1.807, 2.05) is 0 Å². The smallest absolute Gasteiger partial charge is 0.274 e. The number of hydrogen-bond donors (Lipinski definition) is 2. The summed E-state index contributed by atoms with van der Waals surface area (Å²) in [7, 11) is 0. The van der Waals surface area contributed by atoms with E-state index in [0.717, 1.165) is 6.07 Å². The Hall–Kier alpha value is -2.67. The molecule has 0 aliphatic heterocycles. The van der Waals surface area contributed by atoms with Gasteiger partial charge in [0.25, 0.3) is 5.69 Å². The number of nitrogens with one attached hydrogen (secondary N) is 2. The van der Waals surface area contributed by atoms with Gasteiger partial charge < -0.3 is 10.6 Å². The van der Waals surface area contributed by atoms with Crippen LogP contribution in [0, 0.1) is 22.9 Å². The summed E-state index contributed by atoms with van der Waals surface area (Å²) in [6, 6.07) is 8.44. The number of rotatable bonds is 5. The average Bonchev–Trinajstić information content (AvgIpc) is 2.48. The van der Waals surface area contributed by atoms with Crippen molar-refractivity contribution in [3.63, 3.8) is 0 Å². The first-order valence-corrected chi connectivity index (χ1v) is 6.99. The Morgan fingerprint density at radius 3 is 2.70 bits per heavy atom. The number of amides is 1. The number of anilines is 2. The molecule has 0 saturated heterocycles. The van der Waals surface area contributed by atoms with Gasteiger partial charge in [-0.25, -0.2) is 4.39 Å². The monoisotopic (exact) mass is 337 g/mol. The number of nitro groups is 1. The molecule has 0 unspecified atom stereocenters. The molecule has 0 fully saturated rings. The number of carbonyl (C=O) groups is 1. The largest absolute Gasteiger partial charge is 0.374 e. The van der Waals surface area contributed by atoms with E-state index in [9.17, 15) is 19.3 Å². The summed E-state index contributed by atoms with van der Waals surface area (Å²) < 4.78 is 13.6.